The first kappa shape index (κ1) is 14.1. The van der Waals surface area contributed by atoms with Gasteiger partial charge in [0.15, 0.2) is 0 Å². The lowest BCUT2D eigenvalue weighted by molar-refractivity contribution is -0.221. The molecular weight excluding hydrogens is 283 g/mol. The van der Waals surface area contributed by atoms with Gasteiger partial charge >= 0.3 is 16.3 Å². The molecule has 1 aliphatic heterocycles. The smallest absolute Gasteiger partial charge is 0.382 e. The normalized spacial score (nSPS) is 23.8. The first-order valence-electron chi connectivity index (χ1n) is 5.46. The van der Waals surface area contributed by atoms with Gasteiger partial charge in [0.25, 0.3) is 0 Å². The van der Waals surface area contributed by atoms with Gasteiger partial charge in [0.05, 0.1) is 6.26 Å². The summed E-state index contributed by atoms with van der Waals surface area (Å²) in [6, 6.07) is 5.27. The zero-order valence-electron chi connectivity index (χ0n) is 9.99. The third-order valence-corrected chi connectivity index (χ3v) is 3.48. The number of rotatable bonds is 3. The molecule has 19 heavy (non-hydrogen) atoms. The van der Waals surface area contributed by atoms with Crippen LogP contribution in [0.25, 0.3) is 0 Å². The third-order valence-electron chi connectivity index (χ3n) is 3.00. The second-order valence-electron chi connectivity index (χ2n) is 4.36. The Hall–Kier alpha value is -1.28. The molecule has 0 aliphatic carbocycles. The van der Waals surface area contributed by atoms with E-state index in [0.717, 1.165) is 6.26 Å². The lowest BCUT2D eigenvalue weighted by Crippen LogP contribution is -2.63. The number of para-hydroxylation sites is 1. The van der Waals surface area contributed by atoms with Gasteiger partial charge in [-0.2, -0.15) is 21.6 Å². The van der Waals surface area contributed by atoms with Crippen molar-refractivity contribution in [1.29, 1.82) is 0 Å². The van der Waals surface area contributed by atoms with Gasteiger partial charge in [0.1, 0.15) is 11.3 Å². The van der Waals surface area contributed by atoms with Crippen LogP contribution in [0.4, 0.5) is 13.2 Å². The highest BCUT2D eigenvalue weighted by molar-refractivity contribution is 7.86. The van der Waals surface area contributed by atoms with Crippen molar-refractivity contribution in [1.82, 2.24) is 5.32 Å². The van der Waals surface area contributed by atoms with Crippen LogP contribution in [0, 0.1) is 0 Å². The van der Waals surface area contributed by atoms with Crippen molar-refractivity contribution in [2.75, 3.05) is 12.8 Å². The molecule has 1 fully saturated rings. The summed E-state index contributed by atoms with van der Waals surface area (Å²) in [7, 11) is -3.88. The van der Waals surface area contributed by atoms with Crippen LogP contribution in [-0.2, 0) is 15.7 Å². The molecular formula is C11H12F3NO3S. The fourth-order valence-electron chi connectivity index (χ4n) is 2.05. The monoisotopic (exact) mass is 295 g/mol. The van der Waals surface area contributed by atoms with Gasteiger partial charge in [-0.1, -0.05) is 18.2 Å². The minimum atomic E-state index is -4.53. The Labute approximate surface area is 108 Å². The van der Waals surface area contributed by atoms with Crippen LogP contribution >= 0.6 is 0 Å². The van der Waals surface area contributed by atoms with Crippen molar-refractivity contribution in [3.05, 3.63) is 29.8 Å². The molecule has 0 bridgehead atoms. The standard InChI is InChI=1S/C11H12F3NO3S/c1-19(16,17)18-9-5-3-2-4-8(9)10(6-7-15-10)11(12,13)14/h2-5,15H,6-7H2,1H3. The van der Waals surface area contributed by atoms with E-state index >= 15 is 0 Å². The average Bonchev–Trinajstić information content (AvgIpc) is 2.14. The van der Waals surface area contributed by atoms with Crippen molar-refractivity contribution in [3.63, 3.8) is 0 Å². The number of benzene rings is 1. The van der Waals surface area contributed by atoms with Crippen LogP contribution in [0.1, 0.15) is 12.0 Å². The number of alkyl halides is 3. The van der Waals surface area contributed by atoms with E-state index in [1.54, 1.807) is 0 Å². The van der Waals surface area contributed by atoms with Gasteiger partial charge in [-0.3, -0.25) is 5.32 Å². The molecule has 0 saturated carbocycles. The van der Waals surface area contributed by atoms with Gasteiger partial charge in [0.2, 0.25) is 0 Å². The second kappa shape index (κ2) is 4.38. The Morgan fingerprint density at radius 3 is 2.32 bits per heavy atom. The summed E-state index contributed by atoms with van der Waals surface area (Å²) in [6.45, 7) is 0.215. The molecule has 1 N–H and O–H groups in total. The molecule has 0 radical (unpaired) electrons. The molecule has 106 valence electrons. The highest BCUT2D eigenvalue weighted by atomic mass is 32.2. The SMILES string of the molecule is CS(=O)(=O)Oc1ccccc1C1(C(F)(F)F)CCN1. The van der Waals surface area contributed by atoms with Crippen molar-refractivity contribution < 1.29 is 25.8 Å². The molecule has 1 aliphatic rings. The number of hydrogen-bond acceptors (Lipinski definition) is 4. The first-order valence-corrected chi connectivity index (χ1v) is 7.28. The zero-order valence-corrected chi connectivity index (χ0v) is 10.8. The number of hydrogen-bond donors (Lipinski definition) is 1. The maximum atomic E-state index is 13.2. The Kier molecular flexibility index (Phi) is 3.26. The predicted octanol–water partition coefficient (Wildman–Crippen LogP) is 1.78. The van der Waals surface area contributed by atoms with Crippen LogP contribution in [0.2, 0.25) is 0 Å². The first-order chi connectivity index (χ1) is 8.66. The zero-order chi connectivity index (χ0) is 14.3. The van der Waals surface area contributed by atoms with E-state index in [1.165, 1.54) is 24.3 Å². The molecule has 1 saturated heterocycles. The lowest BCUT2D eigenvalue weighted by Gasteiger charge is -2.45. The summed E-state index contributed by atoms with van der Waals surface area (Å²) in [5, 5.41) is 2.34. The summed E-state index contributed by atoms with van der Waals surface area (Å²) in [6.07, 6.45) is -3.89. The van der Waals surface area contributed by atoms with Crippen LogP contribution in [0.3, 0.4) is 0 Å². The fraction of sp³-hybridized carbons (Fsp3) is 0.455. The molecule has 1 unspecified atom stereocenters. The van der Waals surface area contributed by atoms with Gasteiger partial charge in [-0.05, 0) is 19.0 Å². The summed E-state index contributed by atoms with van der Waals surface area (Å²) >= 11 is 0. The number of halogens is 3. The summed E-state index contributed by atoms with van der Waals surface area (Å²) in [5.41, 5.74) is -2.44. The van der Waals surface area contributed by atoms with E-state index in [0.29, 0.717) is 0 Å². The van der Waals surface area contributed by atoms with Crippen LogP contribution < -0.4 is 9.50 Å². The van der Waals surface area contributed by atoms with Gasteiger partial charge in [-0.15, -0.1) is 0 Å². The van der Waals surface area contributed by atoms with E-state index in [2.05, 4.69) is 9.50 Å². The fourth-order valence-corrected chi connectivity index (χ4v) is 2.53. The highest BCUT2D eigenvalue weighted by Crippen LogP contribution is 2.48. The van der Waals surface area contributed by atoms with Crippen molar-refractivity contribution >= 4 is 10.1 Å². The van der Waals surface area contributed by atoms with Crippen LogP contribution in [0.15, 0.2) is 24.3 Å². The van der Waals surface area contributed by atoms with Crippen molar-refractivity contribution in [3.8, 4) is 5.75 Å². The molecule has 2 rings (SSSR count). The third kappa shape index (κ3) is 2.55. The summed E-state index contributed by atoms with van der Waals surface area (Å²) in [4.78, 5) is 0. The Morgan fingerprint density at radius 1 is 1.32 bits per heavy atom. The van der Waals surface area contributed by atoms with Crippen LogP contribution in [-0.4, -0.2) is 27.4 Å². The molecule has 1 atom stereocenters. The van der Waals surface area contributed by atoms with Gasteiger partial charge < -0.3 is 4.18 Å². The number of nitrogens with one attached hydrogen (secondary N) is 1. The van der Waals surface area contributed by atoms with Crippen molar-refractivity contribution in [2.24, 2.45) is 0 Å². The molecule has 4 nitrogen and oxygen atoms in total. The van der Waals surface area contributed by atoms with E-state index in [4.69, 9.17) is 0 Å². The Morgan fingerprint density at radius 2 is 1.89 bits per heavy atom. The average molecular weight is 295 g/mol. The van der Waals surface area contributed by atoms with E-state index in [-0.39, 0.29) is 24.3 Å². The molecule has 1 heterocycles. The van der Waals surface area contributed by atoms with Gasteiger partial charge in [0, 0.05) is 5.56 Å². The van der Waals surface area contributed by atoms with E-state index < -0.39 is 21.8 Å². The predicted molar refractivity (Wildman–Crippen MR) is 62.3 cm³/mol. The Balaban J connectivity index is 2.51. The molecule has 0 aromatic heterocycles. The minimum Gasteiger partial charge on any atom is -0.382 e. The molecule has 1 aromatic carbocycles. The molecule has 1 aromatic rings. The largest absolute Gasteiger partial charge is 0.410 e. The minimum absolute atomic E-state index is 0.152. The lowest BCUT2D eigenvalue weighted by atomic mass is 9.79. The molecule has 8 heteroatoms. The van der Waals surface area contributed by atoms with Crippen LogP contribution in [0.5, 0.6) is 5.75 Å². The van der Waals surface area contributed by atoms with Gasteiger partial charge in [-0.25, -0.2) is 0 Å². The maximum Gasteiger partial charge on any atom is 0.410 e. The van der Waals surface area contributed by atoms with Crippen molar-refractivity contribution in [2.45, 2.75) is 18.1 Å². The van der Waals surface area contributed by atoms with E-state index in [9.17, 15) is 21.6 Å². The van der Waals surface area contributed by atoms with E-state index in [1.807, 2.05) is 0 Å². The summed E-state index contributed by atoms with van der Waals surface area (Å²) in [5.74, 6) is -0.297. The molecule has 0 spiro atoms. The topological polar surface area (TPSA) is 55.4 Å². The Bertz CT molecular complexity index is 579. The highest BCUT2D eigenvalue weighted by Gasteiger charge is 2.60. The quantitative estimate of drug-likeness (QED) is 0.864. The summed E-state index contributed by atoms with van der Waals surface area (Å²) < 4.78 is 66.4. The molecule has 0 amide bonds. The maximum absolute atomic E-state index is 13.2. The second-order valence-corrected chi connectivity index (χ2v) is 5.94.